The number of hydrogen-bond donors (Lipinski definition) is 1. The van der Waals surface area contributed by atoms with Gasteiger partial charge in [0, 0.05) is 37.0 Å². The summed E-state index contributed by atoms with van der Waals surface area (Å²) in [5.74, 6) is -0.539. The summed E-state index contributed by atoms with van der Waals surface area (Å²) in [6, 6.07) is 16.8. The Hall–Kier alpha value is -3.74. The summed E-state index contributed by atoms with van der Waals surface area (Å²) in [6.07, 6.45) is 0.633. The van der Waals surface area contributed by atoms with Crippen molar-refractivity contribution in [2.24, 2.45) is 5.92 Å². The highest BCUT2D eigenvalue weighted by molar-refractivity contribution is 6.25. The van der Waals surface area contributed by atoms with Crippen LogP contribution in [0.1, 0.15) is 49.5 Å². The molecule has 1 heterocycles. The van der Waals surface area contributed by atoms with Crippen LogP contribution in [-0.4, -0.2) is 41.8 Å². The van der Waals surface area contributed by atoms with E-state index >= 15 is 0 Å². The van der Waals surface area contributed by atoms with Crippen molar-refractivity contribution < 1.29 is 18.8 Å². The van der Waals surface area contributed by atoms with Crippen LogP contribution in [0.15, 0.2) is 60.7 Å². The first kappa shape index (κ1) is 25.4. The van der Waals surface area contributed by atoms with E-state index in [1.165, 1.54) is 17.0 Å². The van der Waals surface area contributed by atoms with Crippen molar-refractivity contribution in [3.05, 3.63) is 77.6 Å². The van der Waals surface area contributed by atoms with E-state index in [9.17, 15) is 18.8 Å². The zero-order valence-electron chi connectivity index (χ0n) is 21.0. The summed E-state index contributed by atoms with van der Waals surface area (Å²) in [4.78, 5) is 42.4. The van der Waals surface area contributed by atoms with E-state index in [0.29, 0.717) is 25.1 Å². The number of anilines is 1. The molecule has 0 fully saturated rings. The molecule has 3 aromatic rings. The summed E-state index contributed by atoms with van der Waals surface area (Å²) in [7, 11) is 0. The SMILES string of the molecule is CC(C)CNC(=O)C(C)N(Cc1ccc(F)cc1)C(=O)CCCN1C(=O)c2cccc3cccc1c23. The second kappa shape index (κ2) is 10.9. The topological polar surface area (TPSA) is 69.7 Å². The number of amides is 3. The summed E-state index contributed by atoms with van der Waals surface area (Å²) < 4.78 is 13.4. The lowest BCUT2D eigenvalue weighted by Crippen LogP contribution is -2.48. The van der Waals surface area contributed by atoms with E-state index in [0.717, 1.165) is 22.0 Å². The zero-order chi connectivity index (χ0) is 25.8. The molecule has 1 N–H and O–H groups in total. The van der Waals surface area contributed by atoms with Gasteiger partial charge >= 0.3 is 0 Å². The fourth-order valence-corrected chi connectivity index (χ4v) is 4.55. The Morgan fingerprint density at radius 2 is 1.69 bits per heavy atom. The standard InChI is InChI=1S/C29H32FN3O3/c1-19(2)17-31-28(35)20(3)33(18-21-12-14-23(30)15-13-21)26(34)11-6-16-32-25-10-5-8-22-7-4-9-24(27(22)25)29(32)36/h4-5,7-10,12-15,19-20H,6,11,16-18H2,1-3H3,(H,31,35). The predicted octanol–water partition coefficient (Wildman–Crippen LogP) is 4.91. The van der Waals surface area contributed by atoms with Crippen molar-refractivity contribution in [1.29, 1.82) is 0 Å². The van der Waals surface area contributed by atoms with Crippen LogP contribution < -0.4 is 10.2 Å². The summed E-state index contributed by atoms with van der Waals surface area (Å²) in [5, 5.41) is 4.86. The van der Waals surface area contributed by atoms with Crippen LogP contribution in [0.3, 0.4) is 0 Å². The highest BCUT2D eigenvalue weighted by atomic mass is 19.1. The molecule has 0 saturated heterocycles. The van der Waals surface area contributed by atoms with Gasteiger partial charge < -0.3 is 15.1 Å². The smallest absolute Gasteiger partial charge is 0.258 e. The van der Waals surface area contributed by atoms with Crippen molar-refractivity contribution in [3.63, 3.8) is 0 Å². The van der Waals surface area contributed by atoms with Gasteiger partial charge in [-0.05, 0) is 54.5 Å². The van der Waals surface area contributed by atoms with Gasteiger partial charge in [0.05, 0.1) is 5.69 Å². The number of rotatable bonds is 10. The molecule has 1 atom stereocenters. The predicted molar refractivity (Wildman–Crippen MR) is 139 cm³/mol. The number of nitrogens with zero attached hydrogens (tertiary/aromatic N) is 2. The molecule has 0 aromatic heterocycles. The van der Waals surface area contributed by atoms with Crippen LogP contribution in [0, 0.1) is 11.7 Å². The third kappa shape index (κ3) is 5.40. The first-order valence-electron chi connectivity index (χ1n) is 12.4. The van der Waals surface area contributed by atoms with Crippen LogP contribution in [0.2, 0.25) is 0 Å². The van der Waals surface area contributed by atoms with Crippen LogP contribution in [0.4, 0.5) is 10.1 Å². The minimum absolute atomic E-state index is 0.0566. The average Bonchev–Trinajstić information content (AvgIpc) is 3.14. The number of halogens is 1. The Kier molecular flexibility index (Phi) is 7.67. The van der Waals surface area contributed by atoms with Crippen LogP contribution in [0.5, 0.6) is 0 Å². The maximum Gasteiger partial charge on any atom is 0.258 e. The number of hydrogen-bond acceptors (Lipinski definition) is 3. The fourth-order valence-electron chi connectivity index (χ4n) is 4.55. The minimum atomic E-state index is -0.687. The lowest BCUT2D eigenvalue weighted by molar-refractivity contribution is -0.140. The Labute approximate surface area is 211 Å². The van der Waals surface area contributed by atoms with Gasteiger partial charge in [-0.1, -0.05) is 50.2 Å². The molecule has 1 unspecified atom stereocenters. The molecular formula is C29H32FN3O3. The van der Waals surface area contributed by atoms with Gasteiger partial charge in [0.1, 0.15) is 11.9 Å². The van der Waals surface area contributed by atoms with Gasteiger partial charge in [0.15, 0.2) is 0 Å². The fraction of sp³-hybridized carbons (Fsp3) is 0.345. The molecule has 6 nitrogen and oxygen atoms in total. The molecule has 0 radical (unpaired) electrons. The molecular weight excluding hydrogens is 457 g/mol. The quantitative estimate of drug-likeness (QED) is 0.440. The van der Waals surface area contributed by atoms with Crippen LogP contribution >= 0.6 is 0 Å². The van der Waals surface area contributed by atoms with Gasteiger partial charge in [-0.25, -0.2) is 4.39 Å². The number of nitrogens with one attached hydrogen (secondary N) is 1. The Morgan fingerprint density at radius 1 is 1.00 bits per heavy atom. The monoisotopic (exact) mass is 489 g/mol. The average molecular weight is 490 g/mol. The van der Waals surface area contributed by atoms with Gasteiger partial charge in [-0.15, -0.1) is 0 Å². The van der Waals surface area contributed by atoms with Crippen molar-refractivity contribution in [1.82, 2.24) is 10.2 Å². The second-order valence-corrected chi connectivity index (χ2v) is 9.70. The molecule has 3 amide bonds. The van der Waals surface area contributed by atoms with Gasteiger partial charge in [0.25, 0.3) is 5.91 Å². The molecule has 0 saturated carbocycles. The Morgan fingerprint density at radius 3 is 2.39 bits per heavy atom. The Bertz CT molecular complexity index is 1270. The largest absolute Gasteiger partial charge is 0.354 e. The Balaban J connectivity index is 1.45. The lowest BCUT2D eigenvalue weighted by atomic mass is 10.1. The molecule has 3 aromatic carbocycles. The van der Waals surface area contributed by atoms with Crippen molar-refractivity contribution >= 4 is 34.2 Å². The van der Waals surface area contributed by atoms with Crippen molar-refractivity contribution in [3.8, 4) is 0 Å². The van der Waals surface area contributed by atoms with E-state index in [4.69, 9.17) is 0 Å². The number of carbonyl (C=O) groups excluding carboxylic acids is 3. The molecule has 0 bridgehead atoms. The minimum Gasteiger partial charge on any atom is -0.354 e. The molecule has 0 spiro atoms. The van der Waals surface area contributed by atoms with Crippen molar-refractivity contribution in [2.45, 2.75) is 46.2 Å². The molecule has 188 valence electrons. The molecule has 4 rings (SSSR count). The maximum absolute atomic E-state index is 13.4. The number of carbonyl (C=O) groups is 3. The van der Waals surface area contributed by atoms with Crippen molar-refractivity contribution in [2.75, 3.05) is 18.0 Å². The van der Waals surface area contributed by atoms with Gasteiger partial charge in [-0.3, -0.25) is 14.4 Å². The first-order valence-corrected chi connectivity index (χ1v) is 12.4. The summed E-state index contributed by atoms with van der Waals surface area (Å²) >= 11 is 0. The highest BCUT2D eigenvalue weighted by Crippen LogP contribution is 2.37. The van der Waals surface area contributed by atoms with Crippen LogP contribution in [-0.2, 0) is 16.1 Å². The molecule has 7 heteroatoms. The molecule has 0 aliphatic carbocycles. The van der Waals surface area contributed by atoms with Gasteiger partial charge in [-0.2, -0.15) is 0 Å². The summed E-state index contributed by atoms with van der Waals surface area (Å²) in [6.45, 7) is 6.83. The van der Waals surface area contributed by atoms with E-state index in [2.05, 4.69) is 5.32 Å². The third-order valence-electron chi connectivity index (χ3n) is 6.54. The van der Waals surface area contributed by atoms with E-state index in [-0.39, 0.29) is 42.4 Å². The molecule has 1 aliphatic heterocycles. The summed E-state index contributed by atoms with van der Waals surface area (Å²) in [5.41, 5.74) is 2.29. The highest BCUT2D eigenvalue weighted by Gasteiger charge is 2.30. The maximum atomic E-state index is 13.4. The normalized spacial score (nSPS) is 13.4. The van der Waals surface area contributed by atoms with E-state index < -0.39 is 6.04 Å². The number of benzene rings is 3. The third-order valence-corrected chi connectivity index (χ3v) is 6.54. The van der Waals surface area contributed by atoms with E-state index in [1.54, 1.807) is 24.0 Å². The second-order valence-electron chi connectivity index (χ2n) is 9.70. The zero-order valence-corrected chi connectivity index (χ0v) is 21.0. The van der Waals surface area contributed by atoms with E-state index in [1.807, 2.05) is 50.2 Å². The van der Waals surface area contributed by atoms with Crippen LogP contribution in [0.25, 0.3) is 10.8 Å². The molecule has 1 aliphatic rings. The molecule has 36 heavy (non-hydrogen) atoms. The first-order chi connectivity index (χ1) is 17.3. The van der Waals surface area contributed by atoms with Gasteiger partial charge in [0.2, 0.25) is 11.8 Å². The lowest BCUT2D eigenvalue weighted by Gasteiger charge is -2.29.